The van der Waals surface area contributed by atoms with Crippen molar-refractivity contribution in [3.8, 4) is 0 Å². The summed E-state index contributed by atoms with van der Waals surface area (Å²) in [6.07, 6.45) is -1.18. The Bertz CT molecular complexity index is 1010. The first-order valence-corrected chi connectivity index (χ1v) is 12.0. The second-order valence-corrected chi connectivity index (χ2v) is 9.54. The second kappa shape index (κ2) is 10.7. The molecule has 0 aliphatic carbocycles. The van der Waals surface area contributed by atoms with E-state index in [0.717, 1.165) is 0 Å². The molecule has 1 saturated heterocycles. The van der Waals surface area contributed by atoms with Crippen LogP contribution in [0.1, 0.15) is 25.5 Å². The number of amides is 1. The molecule has 0 radical (unpaired) electrons. The molecule has 172 valence electrons. The summed E-state index contributed by atoms with van der Waals surface area (Å²) in [6, 6.07) is 15.3. The maximum Gasteiger partial charge on any atom is 0.325 e. The van der Waals surface area contributed by atoms with Crippen LogP contribution < -0.4 is 4.72 Å². The molecule has 1 aliphatic heterocycles. The molecule has 1 N–H and O–H groups in total. The van der Waals surface area contributed by atoms with Gasteiger partial charge in [0.2, 0.25) is 16.1 Å². The van der Waals surface area contributed by atoms with Crippen molar-refractivity contribution < 1.29 is 27.5 Å². The van der Waals surface area contributed by atoms with Crippen LogP contribution in [0, 0.1) is 5.92 Å². The predicted molar refractivity (Wildman–Crippen MR) is 118 cm³/mol. The van der Waals surface area contributed by atoms with E-state index in [0.29, 0.717) is 31.9 Å². The number of sulfonamides is 1. The van der Waals surface area contributed by atoms with Gasteiger partial charge in [0.05, 0.1) is 18.1 Å². The van der Waals surface area contributed by atoms with E-state index in [1.807, 2.05) is 0 Å². The standard InChI is InChI=1S/C23H28N2O6S/c1-17(2)20(24-32(28,29)19-11-7-4-8-12-19)23(27)31-21(18-9-5-3-6-10-18)22(26)25-13-15-30-16-14-25/h3-12,17,20-21,24H,13-16H2,1-2H3/t20-,21-/m0/s1. The van der Waals surface area contributed by atoms with Crippen LogP contribution in [0.5, 0.6) is 0 Å². The summed E-state index contributed by atoms with van der Waals surface area (Å²) in [5, 5.41) is 0. The zero-order valence-corrected chi connectivity index (χ0v) is 19.0. The predicted octanol–water partition coefficient (Wildman–Crippen LogP) is 2.13. The van der Waals surface area contributed by atoms with Crippen LogP contribution in [0.15, 0.2) is 65.6 Å². The van der Waals surface area contributed by atoms with Gasteiger partial charge in [-0.1, -0.05) is 62.4 Å². The largest absolute Gasteiger partial charge is 0.446 e. The van der Waals surface area contributed by atoms with Crippen LogP contribution in [-0.2, 0) is 29.1 Å². The lowest BCUT2D eigenvalue weighted by Gasteiger charge is -2.31. The molecule has 1 fully saturated rings. The molecule has 0 aromatic heterocycles. The van der Waals surface area contributed by atoms with Gasteiger partial charge in [0.1, 0.15) is 6.04 Å². The number of morpholine rings is 1. The van der Waals surface area contributed by atoms with Gasteiger partial charge >= 0.3 is 5.97 Å². The molecule has 1 aliphatic rings. The molecule has 0 unspecified atom stereocenters. The van der Waals surface area contributed by atoms with Gasteiger partial charge in [-0.3, -0.25) is 9.59 Å². The molecular weight excluding hydrogens is 432 g/mol. The molecule has 9 heteroatoms. The lowest BCUT2D eigenvalue weighted by molar-refractivity contribution is -0.164. The van der Waals surface area contributed by atoms with Crippen LogP contribution in [0.25, 0.3) is 0 Å². The maximum atomic E-state index is 13.2. The molecule has 2 aromatic carbocycles. The quantitative estimate of drug-likeness (QED) is 0.606. The second-order valence-electron chi connectivity index (χ2n) is 7.82. The van der Waals surface area contributed by atoms with E-state index < -0.39 is 34.1 Å². The SMILES string of the molecule is CC(C)[C@H](NS(=O)(=O)c1ccccc1)C(=O)O[C@H](C(=O)N1CCOCC1)c1ccccc1. The van der Waals surface area contributed by atoms with E-state index in [1.54, 1.807) is 67.3 Å². The van der Waals surface area contributed by atoms with Gasteiger partial charge in [-0.05, 0) is 18.1 Å². The Hall–Kier alpha value is -2.75. The van der Waals surface area contributed by atoms with Crippen molar-refractivity contribution in [1.82, 2.24) is 9.62 Å². The summed E-state index contributed by atoms with van der Waals surface area (Å²) in [5.74, 6) is -1.58. The van der Waals surface area contributed by atoms with Crippen LogP contribution >= 0.6 is 0 Å². The smallest absolute Gasteiger partial charge is 0.325 e. The van der Waals surface area contributed by atoms with E-state index in [2.05, 4.69) is 4.72 Å². The van der Waals surface area contributed by atoms with Gasteiger partial charge in [0.25, 0.3) is 5.91 Å². The molecule has 1 heterocycles. The van der Waals surface area contributed by atoms with Crippen LogP contribution in [0.2, 0.25) is 0 Å². The third-order valence-corrected chi connectivity index (χ3v) is 6.60. The lowest BCUT2D eigenvalue weighted by Crippen LogP contribution is -2.48. The van der Waals surface area contributed by atoms with E-state index >= 15 is 0 Å². The van der Waals surface area contributed by atoms with Gasteiger partial charge in [-0.2, -0.15) is 4.72 Å². The van der Waals surface area contributed by atoms with Crippen molar-refractivity contribution in [3.63, 3.8) is 0 Å². The monoisotopic (exact) mass is 460 g/mol. The Labute approximate surface area is 188 Å². The van der Waals surface area contributed by atoms with Gasteiger partial charge in [0.15, 0.2) is 0 Å². The van der Waals surface area contributed by atoms with Crippen LogP contribution in [0.3, 0.4) is 0 Å². The first-order valence-electron chi connectivity index (χ1n) is 10.5. The number of nitrogens with one attached hydrogen (secondary N) is 1. The first kappa shape index (κ1) is 23.9. The number of hydrogen-bond acceptors (Lipinski definition) is 6. The summed E-state index contributed by atoms with van der Waals surface area (Å²) in [6.45, 7) is 5.03. The first-order chi connectivity index (χ1) is 15.3. The molecule has 0 spiro atoms. The summed E-state index contributed by atoms with van der Waals surface area (Å²) < 4.78 is 39.0. The van der Waals surface area contributed by atoms with Gasteiger partial charge in [-0.25, -0.2) is 8.42 Å². The molecular formula is C23H28N2O6S. The number of carbonyl (C=O) groups excluding carboxylic acids is 2. The molecule has 3 rings (SSSR count). The molecule has 0 saturated carbocycles. The van der Waals surface area contributed by atoms with Crippen LogP contribution in [0.4, 0.5) is 0 Å². The fourth-order valence-corrected chi connectivity index (χ4v) is 4.67. The number of benzene rings is 2. The summed E-state index contributed by atoms with van der Waals surface area (Å²) in [5.41, 5.74) is 0.519. The fourth-order valence-electron chi connectivity index (χ4n) is 3.32. The number of esters is 1. The highest BCUT2D eigenvalue weighted by molar-refractivity contribution is 7.89. The third-order valence-electron chi connectivity index (χ3n) is 5.14. The van der Waals surface area contributed by atoms with Crippen molar-refractivity contribution in [1.29, 1.82) is 0 Å². The van der Waals surface area contributed by atoms with Gasteiger partial charge in [-0.15, -0.1) is 0 Å². The highest BCUT2D eigenvalue weighted by Crippen LogP contribution is 2.23. The fraction of sp³-hybridized carbons (Fsp3) is 0.391. The Morgan fingerprint density at radius 1 is 0.969 bits per heavy atom. The number of hydrogen-bond donors (Lipinski definition) is 1. The molecule has 2 atom stereocenters. The summed E-state index contributed by atoms with van der Waals surface area (Å²) in [7, 11) is -3.95. The summed E-state index contributed by atoms with van der Waals surface area (Å²) in [4.78, 5) is 27.9. The molecule has 8 nitrogen and oxygen atoms in total. The zero-order valence-electron chi connectivity index (χ0n) is 18.1. The van der Waals surface area contributed by atoms with Gasteiger partial charge in [0, 0.05) is 18.7 Å². The number of rotatable bonds is 8. The highest BCUT2D eigenvalue weighted by Gasteiger charge is 2.35. The Morgan fingerprint density at radius 2 is 1.53 bits per heavy atom. The van der Waals surface area contributed by atoms with E-state index in [-0.39, 0.29) is 10.8 Å². The Balaban J connectivity index is 1.83. The minimum Gasteiger partial charge on any atom is -0.446 e. The Morgan fingerprint density at radius 3 is 2.09 bits per heavy atom. The zero-order chi connectivity index (χ0) is 23.1. The lowest BCUT2D eigenvalue weighted by atomic mass is 10.0. The average Bonchev–Trinajstić information content (AvgIpc) is 2.82. The molecule has 2 aromatic rings. The van der Waals surface area contributed by atoms with Crippen molar-refractivity contribution >= 4 is 21.9 Å². The average molecular weight is 461 g/mol. The Kier molecular flexibility index (Phi) is 8.00. The maximum absolute atomic E-state index is 13.2. The van der Waals surface area contributed by atoms with E-state index in [9.17, 15) is 18.0 Å². The summed E-state index contributed by atoms with van der Waals surface area (Å²) >= 11 is 0. The topological polar surface area (TPSA) is 102 Å². The minimum absolute atomic E-state index is 0.0439. The number of nitrogens with zero attached hydrogens (tertiary/aromatic N) is 1. The molecule has 32 heavy (non-hydrogen) atoms. The van der Waals surface area contributed by atoms with Gasteiger partial charge < -0.3 is 14.4 Å². The van der Waals surface area contributed by atoms with E-state index in [1.165, 1.54) is 12.1 Å². The van der Waals surface area contributed by atoms with Crippen molar-refractivity contribution in [2.45, 2.75) is 30.9 Å². The highest BCUT2D eigenvalue weighted by atomic mass is 32.2. The van der Waals surface area contributed by atoms with Crippen molar-refractivity contribution in [2.24, 2.45) is 5.92 Å². The molecule has 0 bridgehead atoms. The van der Waals surface area contributed by atoms with E-state index in [4.69, 9.17) is 9.47 Å². The minimum atomic E-state index is -3.95. The van der Waals surface area contributed by atoms with Crippen LogP contribution in [-0.4, -0.2) is 57.5 Å². The van der Waals surface area contributed by atoms with Crippen molar-refractivity contribution in [2.75, 3.05) is 26.3 Å². The number of ether oxygens (including phenoxy) is 2. The van der Waals surface area contributed by atoms with Crippen molar-refractivity contribution in [3.05, 3.63) is 66.2 Å². The third kappa shape index (κ3) is 5.93. The molecule has 1 amide bonds. The normalized spacial score (nSPS) is 16.4. The number of carbonyl (C=O) groups is 2.